The van der Waals surface area contributed by atoms with Crippen molar-refractivity contribution < 1.29 is 14.6 Å². The molecule has 5 nitrogen and oxygen atoms in total. The van der Waals surface area contributed by atoms with E-state index >= 15 is 0 Å². The van der Waals surface area contributed by atoms with Crippen molar-refractivity contribution in [2.45, 2.75) is 38.4 Å². The third kappa shape index (κ3) is 3.43. The molecule has 0 aromatic rings. The fourth-order valence-electron chi connectivity index (χ4n) is 2.74. The molecular formula is C13H24N2O3. The number of rotatable bonds is 3. The second kappa shape index (κ2) is 6.50. The molecule has 2 atom stereocenters. The van der Waals surface area contributed by atoms with E-state index in [1.165, 1.54) is 0 Å². The SMILES string of the molecule is CC1CCC(C(=O)N2CCCN(CCO)CC2)O1. The van der Waals surface area contributed by atoms with Crippen molar-refractivity contribution in [3.05, 3.63) is 0 Å². The fourth-order valence-corrected chi connectivity index (χ4v) is 2.74. The van der Waals surface area contributed by atoms with Crippen molar-refractivity contribution in [3.63, 3.8) is 0 Å². The molecule has 18 heavy (non-hydrogen) atoms. The zero-order valence-electron chi connectivity index (χ0n) is 11.2. The van der Waals surface area contributed by atoms with Gasteiger partial charge in [0.15, 0.2) is 0 Å². The lowest BCUT2D eigenvalue weighted by Gasteiger charge is -2.24. The molecule has 5 heteroatoms. The van der Waals surface area contributed by atoms with Crippen LogP contribution in [-0.4, -0.2) is 72.4 Å². The van der Waals surface area contributed by atoms with Crippen molar-refractivity contribution in [2.24, 2.45) is 0 Å². The molecule has 0 bridgehead atoms. The number of carbonyl (C=O) groups excluding carboxylic acids is 1. The average Bonchev–Trinajstić information content (AvgIpc) is 2.65. The van der Waals surface area contributed by atoms with Gasteiger partial charge in [0, 0.05) is 26.2 Å². The van der Waals surface area contributed by atoms with Crippen molar-refractivity contribution in [2.75, 3.05) is 39.3 Å². The summed E-state index contributed by atoms with van der Waals surface area (Å²) >= 11 is 0. The van der Waals surface area contributed by atoms with E-state index in [4.69, 9.17) is 9.84 Å². The maximum Gasteiger partial charge on any atom is 0.251 e. The van der Waals surface area contributed by atoms with Gasteiger partial charge in [-0.2, -0.15) is 0 Å². The van der Waals surface area contributed by atoms with Gasteiger partial charge in [0.05, 0.1) is 12.7 Å². The van der Waals surface area contributed by atoms with Crippen LogP contribution < -0.4 is 0 Å². The summed E-state index contributed by atoms with van der Waals surface area (Å²) in [5, 5.41) is 8.94. The van der Waals surface area contributed by atoms with E-state index in [-0.39, 0.29) is 24.7 Å². The molecule has 1 N–H and O–H groups in total. The number of carbonyl (C=O) groups is 1. The van der Waals surface area contributed by atoms with Crippen LogP contribution in [-0.2, 0) is 9.53 Å². The van der Waals surface area contributed by atoms with Gasteiger partial charge >= 0.3 is 0 Å². The maximum absolute atomic E-state index is 12.3. The van der Waals surface area contributed by atoms with Crippen molar-refractivity contribution >= 4 is 5.91 Å². The van der Waals surface area contributed by atoms with Gasteiger partial charge in [-0.15, -0.1) is 0 Å². The first-order chi connectivity index (χ1) is 8.70. The minimum atomic E-state index is -0.218. The third-order valence-electron chi connectivity index (χ3n) is 3.82. The second-order valence-corrected chi connectivity index (χ2v) is 5.26. The van der Waals surface area contributed by atoms with Crippen LogP contribution in [0.15, 0.2) is 0 Å². The summed E-state index contributed by atoms with van der Waals surface area (Å²) in [6.07, 6.45) is 2.83. The molecule has 0 aromatic carbocycles. The number of nitrogens with zero attached hydrogens (tertiary/aromatic N) is 2. The molecule has 0 radical (unpaired) electrons. The predicted molar refractivity (Wildman–Crippen MR) is 68.3 cm³/mol. The number of hydrogen-bond acceptors (Lipinski definition) is 4. The molecule has 2 unspecified atom stereocenters. The zero-order valence-corrected chi connectivity index (χ0v) is 11.2. The van der Waals surface area contributed by atoms with Crippen LogP contribution >= 0.6 is 0 Å². The number of ether oxygens (including phenoxy) is 1. The first-order valence-electron chi connectivity index (χ1n) is 6.98. The quantitative estimate of drug-likeness (QED) is 0.777. The summed E-state index contributed by atoms with van der Waals surface area (Å²) in [5.74, 6) is 0.158. The summed E-state index contributed by atoms with van der Waals surface area (Å²) in [5.41, 5.74) is 0. The Hall–Kier alpha value is -0.650. The number of aliphatic hydroxyl groups excluding tert-OH is 1. The van der Waals surface area contributed by atoms with Gasteiger partial charge < -0.3 is 14.7 Å². The topological polar surface area (TPSA) is 53.0 Å². The molecule has 0 saturated carbocycles. The van der Waals surface area contributed by atoms with Crippen molar-refractivity contribution in [3.8, 4) is 0 Å². The molecule has 2 heterocycles. The van der Waals surface area contributed by atoms with Gasteiger partial charge in [-0.3, -0.25) is 9.69 Å². The van der Waals surface area contributed by atoms with Gasteiger partial charge in [0.25, 0.3) is 5.91 Å². The minimum absolute atomic E-state index is 0.158. The Morgan fingerprint density at radius 1 is 1.28 bits per heavy atom. The standard InChI is InChI=1S/C13H24N2O3/c1-11-3-4-12(18-11)13(17)15-6-2-5-14(7-8-15)9-10-16/h11-12,16H,2-10H2,1H3. The Morgan fingerprint density at radius 2 is 2.11 bits per heavy atom. The molecule has 2 rings (SSSR count). The first kappa shape index (κ1) is 13.8. The number of β-amino-alcohol motifs (C(OH)–C–C–N with tert-alkyl or cyclic N) is 1. The zero-order chi connectivity index (χ0) is 13.0. The smallest absolute Gasteiger partial charge is 0.251 e. The lowest BCUT2D eigenvalue weighted by Crippen LogP contribution is -2.41. The molecule has 2 fully saturated rings. The van der Waals surface area contributed by atoms with Crippen LogP contribution in [0.25, 0.3) is 0 Å². The molecule has 2 saturated heterocycles. The summed E-state index contributed by atoms with van der Waals surface area (Å²) in [6, 6.07) is 0. The molecule has 2 aliphatic heterocycles. The van der Waals surface area contributed by atoms with Crippen molar-refractivity contribution in [1.29, 1.82) is 0 Å². The highest BCUT2D eigenvalue weighted by Gasteiger charge is 2.32. The number of hydrogen-bond donors (Lipinski definition) is 1. The Balaban J connectivity index is 1.83. The second-order valence-electron chi connectivity index (χ2n) is 5.26. The molecular weight excluding hydrogens is 232 g/mol. The number of aliphatic hydroxyl groups is 1. The van der Waals surface area contributed by atoms with Gasteiger partial charge in [-0.25, -0.2) is 0 Å². The molecule has 0 aromatic heterocycles. The largest absolute Gasteiger partial charge is 0.395 e. The highest BCUT2D eigenvalue weighted by Crippen LogP contribution is 2.21. The first-order valence-corrected chi connectivity index (χ1v) is 6.98. The fraction of sp³-hybridized carbons (Fsp3) is 0.923. The van der Waals surface area contributed by atoms with Crippen LogP contribution in [0.3, 0.4) is 0 Å². The van der Waals surface area contributed by atoms with Gasteiger partial charge in [0.1, 0.15) is 6.10 Å². The van der Waals surface area contributed by atoms with E-state index in [2.05, 4.69) is 4.90 Å². The molecule has 0 spiro atoms. The van der Waals surface area contributed by atoms with E-state index in [9.17, 15) is 4.79 Å². The predicted octanol–water partition coefficient (Wildman–Crippen LogP) is 0.0805. The summed E-state index contributed by atoms with van der Waals surface area (Å²) in [6.45, 7) is 6.32. The lowest BCUT2D eigenvalue weighted by molar-refractivity contribution is -0.142. The van der Waals surface area contributed by atoms with Crippen LogP contribution in [0.5, 0.6) is 0 Å². The van der Waals surface area contributed by atoms with E-state index in [0.717, 1.165) is 45.4 Å². The summed E-state index contributed by atoms with van der Waals surface area (Å²) in [4.78, 5) is 16.4. The highest BCUT2D eigenvalue weighted by atomic mass is 16.5. The monoisotopic (exact) mass is 256 g/mol. The third-order valence-corrected chi connectivity index (χ3v) is 3.82. The van der Waals surface area contributed by atoms with Crippen molar-refractivity contribution in [1.82, 2.24) is 9.80 Å². The summed E-state index contributed by atoms with van der Waals surface area (Å²) < 4.78 is 5.65. The van der Waals surface area contributed by atoms with E-state index in [0.29, 0.717) is 6.54 Å². The van der Waals surface area contributed by atoms with Gasteiger partial charge in [-0.1, -0.05) is 0 Å². The Morgan fingerprint density at radius 3 is 2.78 bits per heavy atom. The molecule has 1 amide bonds. The Kier molecular flexibility index (Phi) is 4.97. The van der Waals surface area contributed by atoms with E-state index < -0.39 is 0 Å². The van der Waals surface area contributed by atoms with Crippen LogP contribution in [0.4, 0.5) is 0 Å². The molecule has 104 valence electrons. The van der Waals surface area contributed by atoms with E-state index in [1.54, 1.807) is 0 Å². The number of amides is 1. The van der Waals surface area contributed by atoms with E-state index in [1.807, 2.05) is 11.8 Å². The minimum Gasteiger partial charge on any atom is -0.395 e. The average molecular weight is 256 g/mol. The highest BCUT2D eigenvalue weighted by molar-refractivity contribution is 5.81. The normalized spacial score (nSPS) is 30.4. The lowest BCUT2D eigenvalue weighted by atomic mass is 10.2. The van der Waals surface area contributed by atoms with Gasteiger partial charge in [-0.05, 0) is 32.7 Å². The van der Waals surface area contributed by atoms with Gasteiger partial charge in [0.2, 0.25) is 0 Å². The molecule has 0 aliphatic carbocycles. The van der Waals surface area contributed by atoms with Crippen LogP contribution in [0.2, 0.25) is 0 Å². The Bertz CT molecular complexity index is 285. The Labute approximate surface area is 109 Å². The van der Waals surface area contributed by atoms with Crippen LogP contribution in [0.1, 0.15) is 26.2 Å². The maximum atomic E-state index is 12.3. The molecule has 2 aliphatic rings. The summed E-state index contributed by atoms with van der Waals surface area (Å²) in [7, 11) is 0. The van der Waals surface area contributed by atoms with Crippen LogP contribution in [0, 0.1) is 0 Å².